The molecule has 0 radical (unpaired) electrons. The van der Waals surface area contributed by atoms with E-state index >= 15 is 0 Å². The molecule has 1 aromatic heterocycles. The summed E-state index contributed by atoms with van der Waals surface area (Å²) in [5.74, 6) is 1.86. The van der Waals surface area contributed by atoms with Gasteiger partial charge in [-0.3, -0.25) is 19.1 Å². The summed E-state index contributed by atoms with van der Waals surface area (Å²) in [5, 5.41) is 10.1. The number of carbonyl (C=O) groups excluding carboxylic acids is 1. The highest BCUT2D eigenvalue weighted by atomic mass is 16.6. The van der Waals surface area contributed by atoms with E-state index in [0.717, 1.165) is 36.7 Å². The number of aromatic amines is 1. The average molecular weight is 378 g/mol. The van der Waals surface area contributed by atoms with Gasteiger partial charge in [-0.2, -0.15) is 0 Å². The predicted molar refractivity (Wildman–Crippen MR) is 98.1 cm³/mol. The van der Waals surface area contributed by atoms with E-state index in [0.29, 0.717) is 6.42 Å². The monoisotopic (exact) mass is 378 g/mol. The summed E-state index contributed by atoms with van der Waals surface area (Å²) in [4.78, 5) is 37.4. The van der Waals surface area contributed by atoms with Gasteiger partial charge in [0.25, 0.3) is 5.56 Å². The van der Waals surface area contributed by atoms with Gasteiger partial charge < -0.3 is 14.6 Å². The van der Waals surface area contributed by atoms with Crippen molar-refractivity contribution in [3.63, 3.8) is 0 Å². The Balaban J connectivity index is 1.86. The smallest absolute Gasteiger partial charge is 0.330 e. The summed E-state index contributed by atoms with van der Waals surface area (Å²) >= 11 is 0. The first kappa shape index (κ1) is 20.9. The van der Waals surface area contributed by atoms with E-state index in [9.17, 15) is 19.5 Å². The zero-order valence-electron chi connectivity index (χ0n) is 15.5. The number of carbonyl (C=O) groups is 1. The fourth-order valence-corrected chi connectivity index (χ4v) is 2.96. The Morgan fingerprint density at radius 1 is 1.41 bits per heavy atom. The van der Waals surface area contributed by atoms with Crippen LogP contribution in [0.3, 0.4) is 0 Å². The third-order valence-corrected chi connectivity index (χ3v) is 4.53. The molecule has 1 aromatic rings. The molecule has 2 heterocycles. The van der Waals surface area contributed by atoms with Crippen LogP contribution in [0, 0.1) is 12.3 Å². The molecule has 2 rings (SSSR count). The van der Waals surface area contributed by atoms with Crippen LogP contribution in [0.4, 0.5) is 0 Å². The molecule has 8 heteroatoms. The Hall–Kier alpha value is -2.37. The molecule has 3 atom stereocenters. The van der Waals surface area contributed by atoms with Crippen molar-refractivity contribution in [1.82, 2.24) is 9.55 Å². The van der Waals surface area contributed by atoms with Crippen LogP contribution in [-0.2, 0) is 14.3 Å². The van der Waals surface area contributed by atoms with Crippen molar-refractivity contribution in [2.75, 3.05) is 6.61 Å². The van der Waals surface area contributed by atoms with Gasteiger partial charge in [0.05, 0.1) is 6.10 Å². The number of aliphatic hydroxyl groups is 1. The predicted octanol–water partition coefficient (Wildman–Crippen LogP) is 1.07. The van der Waals surface area contributed by atoms with Gasteiger partial charge >= 0.3 is 11.7 Å². The number of aromatic nitrogens is 2. The Kier molecular flexibility index (Phi) is 7.82. The van der Waals surface area contributed by atoms with Crippen molar-refractivity contribution in [2.24, 2.45) is 0 Å². The van der Waals surface area contributed by atoms with E-state index in [2.05, 4.69) is 17.8 Å². The van der Waals surface area contributed by atoms with Crippen LogP contribution in [0.15, 0.2) is 15.8 Å². The molecule has 148 valence electrons. The lowest BCUT2D eigenvalue weighted by atomic mass is 10.1. The van der Waals surface area contributed by atoms with Gasteiger partial charge in [0.1, 0.15) is 24.5 Å². The van der Waals surface area contributed by atoms with Crippen LogP contribution in [0.1, 0.15) is 63.7 Å². The van der Waals surface area contributed by atoms with Crippen LogP contribution < -0.4 is 11.2 Å². The van der Waals surface area contributed by atoms with Gasteiger partial charge in [-0.15, -0.1) is 6.42 Å². The van der Waals surface area contributed by atoms with E-state index in [1.54, 1.807) is 0 Å². The topological polar surface area (TPSA) is 111 Å². The molecule has 2 N–H and O–H groups in total. The van der Waals surface area contributed by atoms with Crippen molar-refractivity contribution in [1.29, 1.82) is 0 Å². The molecule has 8 nitrogen and oxygen atoms in total. The van der Waals surface area contributed by atoms with Gasteiger partial charge in [-0.05, 0) is 6.42 Å². The van der Waals surface area contributed by atoms with E-state index in [1.807, 2.05) is 0 Å². The highest BCUT2D eigenvalue weighted by molar-refractivity contribution is 5.69. The van der Waals surface area contributed by atoms with Crippen molar-refractivity contribution in [2.45, 2.75) is 70.3 Å². The Morgan fingerprint density at radius 2 is 2.15 bits per heavy atom. The van der Waals surface area contributed by atoms with Crippen molar-refractivity contribution < 1.29 is 19.4 Å². The maximum Gasteiger partial charge on any atom is 0.330 e. The Labute approximate surface area is 157 Å². The largest absolute Gasteiger partial charge is 0.463 e. The number of hydrogen-bond acceptors (Lipinski definition) is 6. The minimum absolute atomic E-state index is 0.00867. The number of nitrogens with one attached hydrogen (secondary N) is 1. The highest BCUT2D eigenvalue weighted by Gasteiger charge is 2.36. The van der Waals surface area contributed by atoms with E-state index in [4.69, 9.17) is 15.9 Å². The molecule has 1 fully saturated rings. The summed E-state index contributed by atoms with van der Waals surface area (Å²) < 4.78 is 11.9. The molecule has 1 unspecified atom stereocenters. The Morgan fingerprint density at radius 3 is 2.85 bits per heavy atom. The molecule has 1 saturated heterocycles. The number of hydrogen-bond donors (Lipinski definition) is 2. The first-order valence-electron chi connectivity index (χ1n) is 9.27. The third kappa shape index (κ3) is 5.81. The minimum atomic E-state index is -0.902. The van der Waals surface area contributed by atoms with Gasteiger partial charge in [0.2, 0.25) is 0 Å². The first-order valence-corrected chi connectivity index (χ1v) is 9.27. The molecule has 0 bridgehead atoms. The fraction of sp³-hybridized carbons (Fsp3) is 0.632. The number of H-pyrrole nitrogens is 1. The van der Waals surface area contributed by atoms with Crippen LogP contribution in [0.2, 0.25) is 0 Å². The summed E-state index contributed by atoms with van der Waals surface area (Å²) in [6.45, 7) is 2.04. The second-order valence-electron chi connectivity index (χ2n) is 6.63. The molecule has 0 saturated carbocycles. The van der Waals surface area contributed by atoms with Gasteiger partial charge in [-0.25, -0.2) is 4.79 Å². The summed E-state index contributed by atoms with van der Waals surface area (Å²) in [6.07, 6.45) is 9.64. The highest BCUT2D eigenvalue weighted by Crippen LogP contribution is 2.27. The molecular weight excluding hydrogens is 352 g/mol. The molecule has 0 amide bonds. The maximum atomic E-state index is 12.0. The lowest BCUT2D eigenvalue weighted by Gasteiger charge is -2.16. The fourth-order valence-electron chi connectivity index (χ4n) is 2.96. The second kappa shape index (κ2) is 10.1. The number of unbranched alkanes of at least 4 members (excludes halogenated alkanes) is 4. The number of nitrogens with zero attached hydrogens (tertiary/aromatic N) is 1. The van der Waals surface area contributed by atoms with Crippen molar-refractivity contribution in [3.8, 4) is 12.3 Å². The lowest BCUT2D eigenvalue weighted by molar-refractivity contribution is -0.150. The number of aliphatic hydroxyl groups excluding tert-OH is 1. The number of esters is 1. The molecule has 0 spiro atoms. The Bertz CT molecular complexity index is 791. The van der Waals surface area contributed by atoms with Crippen molar-refractivity contribution in [3.05, 3.63) is 32.6 Å². The quantitative estimate of drug-likeness (QED) is 0.378. The van der Waals surface area contributed by atoms with Gasteiger partial charge in [0.15, 0.2) is 0 Å². The molecule has 1 aliphatic heterocycles. The van der Waals surface area contributed by atoms with Crippen LogP contribution >= 0.6 is 0 Å². The molecule has 0 aromatic carbocycles. The summed E-state index contributed by atoms with van der Waals surface area (Å²) in [7, 11) is 0. The molecular formula is C19H26N2O6. The van der Waals surface area contributed by atoms with E-state index in [1.165, 1.54) is 6.20 Å². The number of rotatable bonds is 9. The zero-order valence-corrected chi connectivity index (χ0v) is 15.5. The molecule has 0 aliphatic carbocycles. The van der Waals surface area contributed by atoms with Crippen LogP contribution in [0.5, 0.6) is 0 Å². The SMILES string of the molecule is C#Cc1cn([C@@H]2CC(O)[C@H](COC(=O)CCCCCCC)O2)c(=O)[nH]c1=O. The van der Waals surface area contributed by atoms with Crippen LogP contribution in [0.25, 0.3) is 0 Å². The van der Waals surface area contributed by atoms with E-state index in [-0.39, 0.29) is 24.6 Å². The van der Waals surface area contributed by atoms with Gasteiger partial charge in [-0.1, -0.05) is 38.5 Å². The first-order chi connectivity index (χ1) is 13.0. The maximum absolute atomic E-state index is 12.0. The van der Waals surface area contributed by atoms with E-state index < -0.39 is 29.7 Å². The third-order valence-electron chi connectivity index (χ3n) is 4.53. The summed E-state index contributed by atoms with van der Waals surface area (Å²) in [6, 6.07) is 0. The lowest BCUT2D eigenvalue weighted by Crippen LogP contribution is -2.33. The zero-order chi connectivity index (χ0) is 19.8. The summed E-state index contributed by atoms with van der Waals surface area (Å²) in [5.41, 5.74) is -1.34. The molecule has 1 aliphatic rings. The molecule has 27 heavy (non-hydrogen) atoms. The van der Waals surface area contributed by atoms with Crippen LogP contribution in [-0.4, -0.2) is 39.4 Å². The van der Waals surface area contributed by atoms with Gasteiger partial charge in [0, 0.05) is 19.0 Å². The minimum Gasteiger partial charge on any atom is -0.463 e. The normalized spacial score (nSPS) is 21.7. The second-order valence-corrected chi connectivity index (χ2v) is 6.63. The average Bonchev–Trinajstić information content (AvgIpc) is 3.00. The number of ether oxygens (including phenoxy) is 2. The standard InChI is InChI=1S/C19H26N2O6/c1-3-5-6-7-8-9-17(23)26-12-15-14(22)10-16(27-15)21-11-13(4-2)18(24)20-19(21)25/h2,11,14-16,22H,3,5-10,12H2,1H3,(H,20,24,25)/t14?,15-,16-/m0/s1. The number of terminal acetylenes is 1. The van der Waals surface area contributed by atoms with Crippen molar-refractivity contribution >= 4 is 5.97 Å².